The summed E-state index contributed by atoms with van der Waals surface area (Å²) in [5.74, 6) is 0. The van der Waals surface area contributed by atoms with Gasteiger partial charge in [0.25, 0.3) is 0 Å². The summed E-state index contributed by atoms with van der Waals surface area (Å²) < 4.78 is 0. The van der Waals surface area contributed by atoms with E-state index in [1.165, 1.54) is 0 Å². The Labute approximate surface area is 126 Å². The average Bonchev–Trinajstić information content (AvgIpc) is 2.53. The predicted octanol–water partition coefficient (Wildman–Crippen LogP) is 5.46. The number of azide groups is 2. The van der Waals surface area contributed by atoms with Crippen molar-refractivity contribution in [2.45, 2.75) is 22.9 Å². The van der Waals surface area contributed by atoms with Gasteiger partial charge in [-0.25, -0.2) is 0 Å². The van der Waals surface area contributed by atoms with Crippen molar-refractivity contribution in [1.29, 1.82) is 0 Å². The molecule has 0 fully saturated rings. The van der Waals surface area contributed by atoms with Crippen LogP contribution in [0.1, 0.15) is 11.1 Å². The molecular formula is C14H12N6S. The predicted molar refractivity (Wildman–Crippen MR) is 82.7 cm³/mol. The first-order chi connectivity index (χ1) is 10.3. The fourth-order valence-corrected chi connectivity index (χ4v) is 2.50. The SMILES string of the molecule is [N-]=[N+]=NCc1ccc(Sc2ccc(CN=[N+]=[N-])cc2)cc1. The van der Waals surface area contributed by atoms with E-state index in [1.807, 2.05) is 48.5 Å². The summed E-state index contributed by atoms with van der Waals surface area (Å²) in [4.78, 5) is 7.71. The van der Waals surface area contributed by atoms with Gasteiger partial charge in [0, 0.05) is 19.6 Å². The summed E-state index contributed by atoms with van der Waals surface area (Å²) in [5, 5.41) is 7.06. The molecule has 0 aliphatic carbocycles. The Hall–Kier alpha value is -2.59. The average molecular weight is 296 g/mol. The summed E-state index contributed by atoms with van der Waals surface area (Å²) in [6.45, 7) is 0.741. The van der Waals surface area contributed by atoms with Crippen LogP contribution in [0, 0.1) is 0 Å². The van der Waals surface area contributed by atoms with Gasteiger partial charge in [0.15, 0.2) is 0 Å². The zero-order valence-corrected chi connectivity index (χ0v) is 11.9. The Morgan fingerprint density at radius 1 is 0.714 bits per heavy atom. The lowest BCUT2D eigenvalue weighted by atomic mass is 10.2. The van der Waals surface area contributed by atoms with Crippen molar-refractivity contribution in [1.82, 2.24) is 0 Å². The monoisotopic (exact) mass is 296 g/mol. The van der Waals surface area contributed by atoms with Crippen LogP contribution in [0.5, 0.6) is 0 Å². The van der Waals surface area contributed by atoms with Crippen molar-refractivity contribution in [2.24, 2.45) is 10.2 Å². The summed E-state index contributed by atoms with van der Waals surface area (Å²) >= 11 is 1.65. The third kappa shape index (κ3) is 4.78. The maximum absolute atomic E-state index is 8.28. The van der Waals surface area contributed by atoms with Gasteiger partial charge in [-0.3, -0.25) is 0 Å². The minimum atomic E-state index is 0.371. The standard InChI is InChI=1S/C14H12N6S/c15-19-17-9-11-1-5-13(6-2-11)21-14-7-3-12(4-8-14)10-18-20-16/h1-8H,9-10H2. The second kappa shape index (κ2) is 7.87. The van der Waals surface area contributed by atoms with Gasteiger partial charge in [0.1, 0.15) is 0 Å². The fourth-order valence-electron chi connectivity index (χ4n) is 1.69. The largest absolute Gasteiger partial charge is 0.0901 e. The van der Waals surface area contributed by atoms with Crippen LogP contribution < -0.4 is 0 Å². The lowest BCUT2D eigenvalue weighted by molar-refractivity contribution is 1.04. The number of hydrogen-bond donors (Lipinski definition) is 0. The zero-order valence-electron chi connectivity index (χ0n) is 11.1. The zero-order chi connectivity index (χ0) is 14.9. The van der Waals surface area contributed by atoms with Crippen LogP contribution in [0.2, 0.25) is 0 Å². The van der Waals surface area contributed by atoms with Gasteiger partial charge < -0.3 is 0 Å². The van der Waals surface area contributed by atoms with Crippen molar-refractivity contribution in [3.05, 3.63) is 80.5 Å². The number of nitrogens with zero attached hydrogens (tertiary/aromatic N) is 6. The number of benzene rings is 2. The van der Waals surface area contributed by atoms with Gasteiger partial charge in [-0.1, -0.05) is 46.3 Å². The van der Waals surface area contributed by atoms with Crippen LogP contribution in [0.4, 0.5) is 0 Å². The van der Waals surface area contributed by atoms with E-state index in [9.17, 15) is 0 Å². The molecular weight excluding hydrogens is 284 g/mol. The smallest absolute Gasteiger partial charge is 0.0510 e. The molecule has 0 spiro atoms. The second-order valence-electron chi connectivity index (χ2n) is 4.17. The first-order valence-corrected chi connectivity index (χ1v) is 7.01. The van der Waals surface area contributed by atoms with E-state index < -0.39 is 0 Å². The summed E-state index contributed by atoms with van der Waals surface area (Å²) in [6, 6.07) is 15.8. The summed E-state index contributed by atoms with van der Waals surface area (Å²) in [6.07, 6.45) is 0. The minimum absolute atomic E-state index is 0.371. The molecule has 0 atom stereocenters. The topological polar surface area (TPSA) is 97.5 Å². The van der Waals surface area contributed by atoms with E-state index in [1.54, 1.807) is 11.8 Å². The molecule has 2 rings (SSSR count). The highest BCUT2D eigenvalue weighted by molar-refractivity contribution is 7.99. The first kappa shape index (κ1) is 14.8. The second-order valence-corrected chi connectivity index (χ2v) is 5.31. The van der Waals surface area contributed by atoms with Crippen molar-refractivity contribution in [3.8, 4) is 0 Å². The Balaban J connectivity index is 2.00. The first-order valence-electron chi connectivity index (χ1n) is 6.19. The molecule has 0 radical (unpaired) electrons. The van der Waals surface area contributed by atoms with Gasteiger partial charge in [-0.2, -0.15) is 0 Å². The molecule has 0 bridgehead atoms. The summed E-state index contributed by atoms with van der Waals surface area (Å²) in [5.41, 5.74) is 18.5. The lowest BCUT2D eigenvalue weighted by Gasteiger charge is -2.04. The van der Waals surface area contributed by atoms with Crippen LogP contribution >= 0.6 is 11.8 Å². The van der Waals surface area contributed by atoms with E-state index in [0.717, 1.165) is 20.9 Å². The van der Waals surface area contributed by atoms with E-state index in [-0.39, 0.29) is 0 Å². The molecule has 0 amide bonds. The van der Waals surface area contributed by atoms with Gasteiger partial charge in [-0.05, 0) is 46.5 Å². The van der Waals surface area contributed by atoms with Crippen LogP contribution in [-0.4, -0.2) is 0 Å². The molecule has 0 aliphatic heterocycles. The Morgan fingerprint density at radius 3 is 1.43 bits per heavy atom. The van der Waals surface area contributed by atoms with Crippen molar-refractivity contribution >= 4 is 11.8 Å². The molecule has 0 aliphatic rings. The minimum Gasteiger partial charge on any atom is -0.0901 e. The molecule has 6 nitrogen and oxygen atoms in total. The van der Waals surface area contributed by atoms with E-state index in [0.29, 0.717) is 13.1 Å². The highest BCUT2D eigenvalue weighted by Gasteiger charge is 1.99. The van der Waals surface area contributed by atoms with E-state index in [4.69, 9.17) is 11.1 Å². The Kier molecular flexibility index (Phi) is 5.55. The van der Waals surface area contributed by atoms with Crippen molar-refractivity contribution in [2.75, 3.05) is 0 Å². The van der Waals surface area contributed by atoms with E-state index in [2.05, 4.69) is 20.1 Å². The maximum Gasteiger partial charge on any atom is 0.0510 e. The molecule has 0 N–H and O–H groups in total. The quantitative estimate of drug-likeness (QED) is 0.394. The Morgan fingerprint density at radius 2 is 1.10 bits per heavy atom. The molecule has 0 heterocycles. The van der Waals surface area contributed by atoms with Crippen LogP contribution in [0.15, 0.2) is 68.6 Å². The third-order valence-corrected chi connectivity index (χ3v) is 3.73. The van der Waals surface area contributed by atoms with Crippen LogP contribution in [-0.2, 0) is 13.1 Å². The highest BCUT2D eigenvalue weighted by Crippen LogP contribution is 2.28. The number of hydrogen-bond acceptors (Lipinski definition) is 3. The number of rotatable bonds is 6. The highest BCUT2D eigenvalue weighted by atomic mass is 32.2. The van der Waals surface area contributed by atoms with Crippen molar-refractivity contribution in [3.63, 3.8) is 0 Å². The molecule has 0 saturated heterocycles. The van der Waals surface area contributed by atoms with Crippen molar-refractivity contribution < 1.29 is 0 Å². The summed E-state index contributed by atoms with van der Waals surface area (Å²) in [7, 11) is 0. The molecule has 2 aromatic rings. The van der Waals surface area contributed by atoms with E-state index >= 15 is 0 Å². The fraction of sp³-hybridized carbons (Fsp3) is 0.143. The molecule has 0 unspecified atom stereocenters. The van der Waals surface area contributed by atoms with Gasteiger partial charge in [0.2, 0.25) is 0 Å². The Bertz CT molecular complexity index is 621. The van der Waals surface area contributed by atoms with Gasteiger partial charge in [-0.15, -0.1) is 0 Å². The van der Waals surface area contributed by atoms with Gasteiger partial charge >= 0.3 is 0 Å². The molecule has 2 aromatic carbocycles. The molecule has 0 saturated carbocycles. The third-order valence-electron chi connectivity index (χ3n) is 2.72. The van der Waals surface area contributed by atoms with Gasteiger partial charge in [0.05, 0.1) is 13.1 Å². The van der Waals surface area contributed by atoms with Crippen LogP contribution in [0.3, 0.4) is 0 Å². The maximum atomic E-state index is 8.28. The molecule has 7 heteroatoms. The van der Waals surface area contributed by atoms with Crippen LogP contribution in [0.25, 0.3) is 20.9 Å². The lowest BCUT2D eigenvalue weighted by Crippen LogP contribution is -1.82. The molecule has 0 aromatic heterocycles. The molecule has 104 valence electrons. The molecule has 21 heavy (non-hydrogen) atoms. The normalized spacial score (nSPS) is 9.52.